The van der Waals surface area contributed by atoms with E-state index in [0.29, 0.717) is 12.0 Å². The Morgan fingerprint density at radius 2 is 1.73 bits per heavy atom. The highest BCUT2D eigenvalue weighted by atomic mass is 16.5. The predicted molar refractivity (Wildman–Crippen MR) is 163 cm³/mol. The number of amides is 1. The number of carbonyl (C=O) groups is 3. The number of rotatable bonds is 4. The first-order valence-corrected chi connectivity index (χ1v) is 15.3. The Morgan fingerprint density at radius 1 is 1.02 bits per heavy atom. The van der Waals surface area contributed by atoms with Crippen molar-refractivity contribution < 1.29 is 34.4 Å². The van der Waals surface area contributed by atoms with Crippen LogP contribution in [0.2, 0.25) is 0 Å². The summed E-state index contributed by atoms with van der Waals surface area (Å²) in [5.41, 5.74) is 7.74. The molecule has 5 N–H and O–H groups in total. The second kappa shape index (κ2) is 10.6. The van der Waals surface area contributed by atoms with Gasteiger partial charge in [0.25, 0.3) is 0 Å². The molecule has 1 saturated carbocycles. The third-order valence-electron chi connectivity index (χ3n) is 10.4. The Labute approximate surface area is 254 Å². The summed E-state index contributed by atoms with van der Waals surface area (Å²) >= 11 is 0. The largest absolute Gasteiger partial charge is 0.507 e. The molecule has 44 heavy (non-hydrogen) atoms. The van der Waals surface area contributed by atoms with Crippen molar-refractivity contribution in [2.45, 2.75) is 44.4 Å². The van der Waals surface area contributed by atoms with E-state index in [-0.39, 0.29) is 35.6 Å². The van der Waals surface area contributed by atoms with Gasteiger partial charge in [-0.15, -0.1) is 0 Å². The number of aliphatic hydroxyl groups is 2. The Kier molecular flexibility index (Phi) is 6.97. The number of aromatic hydroxyl groups is 1. The highest BCUT2D eigenvalue weighted by Crippen LogP contribution is 2.53. The second-order valence-corrected chi connectivity index (χ2v) is 12.7. The molecule has 0 radical (unpaired) electrons. The molecule has 0 aromatic heterocycles. The molecule has 0 bridgehead atoms. The maximum atomic E-state index is 14.2. The third kappa shape index (κ3) is 4.25. The molecule has 2 unspecified atom stereocenters. The first kappa shape index (κ1) is 28.9. The first-order valence-electron chi connectivity index (χ1n) is 15.3. The second-order valence-electron chi connectivity index (χ2n) is 12.7. The molecule has 7 rings (SSSR count). The number of nitrogens with zero attached hydrogens (tertiary/aromatic N) is 1. The minimum Gasteiger partial charge on any atom is -0.507 e. The van der Waals surface area contributed by atoms with Crippen LogP contribution in [0.1, 0.15) is 41.3 Å². The van der Waals surface area contributed by atoms with E-state index < -0.39 is 41.0 Å². The van der Waals surface area contributed by atoms with Crippen LogP contribution in [0.5, 0.6) is 5.75 Å². The van der Waals surface area contributed by atoms with Gasteiger partial charge >= 0.3 is 0 Å². The normalized spacial score (nSPS) is 28.9. The lowest BCUT2D eigenvalue weighted by molar-refractivity contribution is -0.163. The minimum absolute atomic E-state index is 0.0140. The number of carbonyl (C=O) groups excluding carboxylic acids is 3. The number of Topliss-reactive ketones (excluding diaryl/α,β-unsaturated/α-hetero) is 2. The molecule has 228 valence electrons. The molecule has 1 saturated heterocycles. The fourth-order valence-corrected chi connectivity index (χ4v) is 8.27. The van der Waals surface area contributed by atoms with Gasteiger partial charge in [0.05, 0.1) is 24.9 Å². The van der Waals surface area contributed by atoms with E-state index in [9.17, 15) is 29.7 Å². The van der Waals surface area contributed by atoms with Crippen molar-refractivity contribution in [2.75, 3.05) is 26.3 Å². The highest BCUT2D eigenvalue weighted by Gasteiger charge is 2.60. The van der Waals surface area contributed by atoms with Crippen LogP contribution < -0.4 is 5.73 Å². The van der Waals surface area contributed by atoms with Crippen molar-refractivity contribution in [3.8, 4) is 16.9 Å². The van der Waals surface area contributed by atoms with Crippen LogP contribution in [-0.2, 0) is 27.3 Å². The van der Waals surface area contributed by atoms with Crippen LogP contribution in [0.3, 0.4) is 0 Å². The van der Waals surface area contributed by atoms with Crippen LogP contribution in [0.4, 0.5) is 0 Å². The van der Waals surface area contributed by atoms with Crippen molar-refractivity contribution in [1.29, 1.82) is 0 Å². The van der Waals surface area contributed by atoms with Gasteiger partial charge in [0.2, 0.25) is 5.91 Å². The molecule has 9 heteroatoms. The molecule has 0 spiro atoms. The van der Waals surface area contributed by atoms with Crippen LogP contribution in [-0.4, -0.2) is 75.7 Å². The van der Waals surface area contributed by atoms with Gasteiger partial charge in [-0.25, -0.2) is 0 Å². The third-order valence-corrected chi connectivity index (χ3v) is 10.4. The standard InChI is InChI=1S/C35H36N2O7/c1-18-29-20(14-21-16-28(39)31(34(36)42)33(41)35(18,21)43)15-26-25(8-9-27(38)30(26)32(29)40)24-7-6-19(17-37-10-12-44-13-11-37)22-4-2-3-5-23(22)24/h2-9,20-21,28,31,38-39,43H,10-17H2,1H3,(H2,36,42)/t20-,21+,28?,31?,35-/m1/s1. The maximum absolute atomic E-state index is 14.2. The summed E-state index contributed by atoms with van der Waals surface area (Å²) in [5, 5.41) is 35.6. The number of phenolic OH excluding ortho intramolecular Hbond substituents is 1. The van der Waals surface area contributed by atoms with E-state index in [4.69, 9.17) is 10.5 Å². The van der Waals surface area contributed by atoms with Gasteiger partial charge in [0.15, 0.2) is 11.6 Å². The van der Waals surface area contributed by atoms with E-state index >= 15 is 0 Å². The number of morpholine rings is 1. The van der Waals surface area contributed by atoms with Crippen molar-refractivity contribution in [3.63, 3.8) is 0 Å². The van der Waals surface area contributed by atoms with Crippen molar-refractivity contribution >= 4 is 28.2 Å². The van der Waals surface area contributed by atoms with Crippen LogP contribution >= 0.6 is 0 Å². The number of hydrogen-bond donors (Lipinski definition) is 4. The zero-order valence-electron chi connectivity index (χ0n) is 24.6. The lowest BCUT2D eigenvalue weighted by atomic mass is 9.55. The van der Waals surface area contributed by atoms with Crippen LogP contribution in [0.25, 0.3) is 21.9 Å². The molecule has 3 aliphatic carbocycles. The minimum atomic E-state index is -2.09. The first-order chi connectivity index (χ1) is 21.1. The van der Waals surface area contributed by atoms with E-state index in [1.165, 1.54) is 11.6 Å². The van der Waals surface area contributed by atoms with Crippen LogP contribution in [0, 0.1) is 17.8 Å². The molecule has 3 aromatic rings. The number of ether oxygens (including phenoxy) is 1. The van der Waals surface area contributed by atoms with Gasteiger partial charge in [-0.3, -0.25) is 19.3 Å². The average Bonchev–Trinajstić information content (AvgIpc) is 3.00. The van der Waals surface area contributed by atoms with Gasteiger partial charge < -0.3 is 25.8 Å². The Morgan fingerprint density at radius 3 is 2.45 bits per heavy atom. The lowest BCUT2D eigenvalue weighted by Gasteiger charge is -2.50. The van der Waals surface area contributed by atoms with Crippen molar-refractivity contribution in [1.82, 2.24) is 4.90 Å². The van der Waals surface area contributed by atoms with Gasteiger partial charge in [0.1, 0.15) is 17.3 Å². The number of fused-ring (bicyclic) bond motifs is 4. The van der Waals surface area contributed by atoms with Gasteiger partial charge in [-0.05, 0) is 76.8 Å². The summed E-state index contributed by atoms with van der Waals surface area (Å²) in [6, 6.07) is 15.8. The summed E-state index contributed by atoms with van der Waals surface area (Å²) < 4.78 is 5.52. The summed E-state index contributed by atoms with van der Waals surface area (Å²) in [4.78, 5) is 42.1. The molecule has 4 aliphatic rings. The fourth-order valence-electron chi connectivity index (χ4n) is 8.27. The van der Waals surface area contributed by atoms with Gasteiger partial charge in [-0.2, -0.15) is 0 Å². The van der Waals surface area contributed by atoms with Crippen molar-refractivity contribution in [2.24, 2.45) is 23.5 Å². The number of allylic oxidation sites excluding steroid dienone is 1. The summed E-state index contributed by atoms with van der Waals surface area (Å²) in [7, 11) is 0. The number of phenols is 1. The Balaban J connectivity index is 1.34. The number of aliphatic hydroxyl groups excluding tert-OH is 1. The zero-order valence-corrected chi connectivity index (χ0v) is 24.6. The highest BCUT2D eigenvalue weighted by molar-refractivity contribution is 6.17. The smallest absolute Gasteiger partial charge is 0.230 e. The van der Waals surface area contributed by atoms with Gasteiger partial charge in [0, 0.05) is 31.1 Å². The zero-order chi connectivity index (χ0) is 30.9. The Bertz CT molecular complexity index is 1760. The molecule has 1 amide bonds. The molecular formula is C35H36N2O7. The number of hydrogen-bond acceptors (Lipinski definition) is 8. The Hall–Kier alpha value is -3.89. The summed E-state index contributed by atoms with van der Waals surface area (Å²) in [5.74, 6) is -5.01. The molecular weight excluding hydrogens is 560 g/mol. The average molecular weight is 597 g/mol. The number of nitrogens with two attached hydrogens (primary N) is 1. The monoisotopic (exact) mass is 596 g/mol. The molecule has 9 nitrogen and oxygen atoms in total. The topological polar surface area (TPSA) is 150 Å². The fraction of sp³-hybridized carbons (Fsp3) is 0.400. The molecule has 2 fully saturated rings. The van der Waals surface area contributed by atoms with E-state index in [0.717, 1.165) is 60.3 Å². The summed E-state index contributed by atoms with van der Waals surface area (Å²) in [6.07, 6.45) is -0.595. The van der Waals surface area contributed by atoms with Crippen LogP contribution in [0.15, 0.2) is 59.7 Å². The number of primary amides is 1. The van der Waals surface area contributed by atoms with E-state index in [1.807, 2.05) is 18.2 Å². The van der Waals surface area contributed by atoms with Crippen molar-refractivity contribution in [3.05, 3.63) is 76.4 Å². The molecule has 1 aliphatic heterocycles. The number of ketones is 2. The molecule has 5 atom stereocenters. The quantitative estimate of drug-likeness (QED) is 0.336. The molecule has 3 aromatic carbocycles. The number of benzene rings is 3. The van der Waals surface area contributed by atoms with E-state index in [2.05, 4.69) is 29.2 Å². The SMILES string of the molecule is CC1=C2C(=O)c3c(O)ccc(-c4ccc(CN5CCOCC5)c5ccccc45)c3C[C@H]2C[C@H]2CC(O)C(C(N)=O)C(=O)[C@@]12O. The lowest BCUT2D eigenvalue weighted by Crippen LogP contribution is -2.62. The van der Waals surface area contributed by atoms with E-state index in [1.54, 1.807) is 6.92 Å². The predicted octanol–water partition coefficient (Wildman–Crippen LogP) is 2.90. The summed E-state index contributed by atoms with van der Waals surface area (Å²) in [6.45, 7) is 5.55. The van der Waals surface area contributed by atoms with Gasteiger partial charge in [-0.1, -0.05) is 42.5 Å². The molecule has 1 heterocycles. The maximum Gasteiger partial charge on any atom is 0.230 e.